The van der Waals surface area contributed by atoms with Gasteiger partial charge in [-0.15, -0.1) is 0 Å². The molecule has 2 aromatic heterocycles. The normalized spacial score (nSPS) is 12.1. The predicted molar refractivity (Wildman–Crippen MR) is 160 cm³/mol. The molecule has 0 amide bonds. The predicted octanol–water partition coefficient (Wildman–Crippen LogP) is 8.62. The fourth-order valence-corrected chi connectivity index (χ4v) is 5.03. The van der Waals surface area contributed by atoms with Gasteiger partial charge in [-0.1, -0.05) is 89.5 Å². The van der Waals surface area contributed by atoms with E-state index in [1.165, 1.54) is 51.4 Å². The first-order valence-corrected chi connectivity index (χ1v) is 14.5. The fraction of sp³-hybridized carbons (Fsp3) is 0.424. The van der Waals surface area contributed by atoms with Crippen molar-refractivity contribution in [2.24, 2.45) is 0 Å². The fourth-order valence-electron chi connectivity index (χ4n) is 5.03. The van der Waals surface area contributed by atoms with E-state index in [1.54, 1.807) is 12.2 Å². The number of carbonyl (C=O) groups is 1. The molecule has 0 fully saturated rings. The van der Waals surface area contributed by atoms with Crippen LogP contribution in [0.4, 0.5) is 0 Å². The van der Waals surface area contributed by atoms with Crippen LogP contribution in [0, 0.1) is 0 Å². The number of benzene rings is 2. The van der Waals surface area contributed by atoms with Gasteiger partial charge < -0.3 is 9.13 Å². The highest BCUT2D eigenvalue weighted by Gasteiger charge is 2.10. The van der Waals surface area contributed by atoms with Gasteiger partial charge in [-0.3, -0.25) is 4.79 Å². The molecule has 0 bridgehead atoms. The quantitative estimate of drug-likeness (QED) is 0.112. The van der Waals surface area contributed by atoms with Gasteiger partial charge in [-0.25, -0.2) is 9.97 Å². The van der Waals surface area contributed by atoms with Crippen LogP contribution in [-0.2, 0) is 17.9 Å². The summed E-state index contributed by atoms with van der Waals surface area (Å²) >= 11 is 0. The lowest BCUT2D eigenvalue weighted by Crippen LogP contribution is -2.02. The Balaban J connectivity index is 1.47. The second-order valence-corrected chi connectivity index (χ2v) is 10.1. The Hall–Kier alpha value is -3.47. The van der Waals surface area contributed by atoms with Crippen molar-refractivity contribution in [3.05, 3.63) is 72.3 Å². The molecule has 0 radical (unpaired) electrons. The van der Waals surface area contributed by atoms with Crippen LogP contribution in [0.3, 0.4) is 0 Å². The van der Waals surface area contributed by atoms with Gasteiger partial charge in [0.1, 0.15) is 11.6 Å². The van der Waals surface area contributed by atoms with Crippen LogP contribution >= 0.6 is 0 Å². The molecule has 2 heterocycles. The van der Waals surface area contributed by atoms with Crippen molar-refractivity contribution < 1.29 is 4.79 Å². The lowest BCUT2D eigenvalue weighted by molar-refractivity contribution is -0.110. The number of fused-ring (bicyclic) bond motifs is 2. The maximum absolute atomic E-state index is 12.9. The Labute approximate surface area is 227 Å². The summed E-state index contributed by atoms with van der Waals surface area (Å²) in [6, 6.07) is 16.4. The summed E-state index contributed by atoms with van der Waals surface area (Å²) in [5, 5.41) is 0. The molecule has 5 heteroatoms. The van der Waals surface area contributed by atoms with E-state index in [0.717, 1.165) is 59.6 Å². The van der Waals surface area contributed by atoms with Crippen molar-refractivity contribution in [2.45, 2.75) is 91.1 Å². The summed E-state index contributed by atoms with van der Waals surface area (Å²) in [6.07, 6.45) is 19.2. The number of nitrogens with zero attached hydrogens (tertiary/aromatic N) is 4. The van der Waals surface area contributed by atoms with Crippen LogP contribution in [0.2, 0.25) is 0 Å². The Morgan fingerprint density at radius 3 is 1.50 bits per heavy atom. The summed E-state index contributed by atoms with van der Waals surface area (Å²) in [5.41, 5.74) is 4.18. The Morgan fingerprint density at radius 2 is 1.05 bits per heavy atom. The van der Waals surface area contributed by atoms with E-state index in [2.05, 4.69) is 47.2 Å². The van der Waals surface area contributed by atoms with Crippen molar-refractivity contribution in [1.82, 2.24) is 19.1 Å². The molecule has 0 unspecified atom stereocenters. The summed E-state index contributed by atoms with van der Waals surface area (Å²) in [4.78, 5) is 22.5. The van der Waals surface area contributed by atoms with E-state index >= 15 is 0 Å². The van der Waals surface area contributed by atoms with Crippen LogP contribution in [0.1, 0.15) is 89.7 Å². The number of unbranched alkanes of at least 4 members (excludes halogenated alkanes) is 8. The van der Waals surface area contributed by atoms with Crippen molar-refractivity contribution in [1.29, 1.82) is 0 Å². The molecule has 200 valence electrons. The van der Waals surface area contributed by atoms with Gasteiger partial charge in [0, 0.05) is 13.1 Å². The van der Waals surface area contributed by atoms with Crippen LogP contribution in [0.15, 0.2) is 60.7 Å². The lowest BCUT2D eigenvalue weighted by Gasteiger charge is -2.07. The first-order valence-electron chi connectivity index (χ1n) is 14.5. The third-order valence-electron chi connectivity index (χ3n) is 7.13. The molecule has 0 saturated heterocycles. The second kappa shape index (κ2) is 14.5. The maximum Gasteiger partial charge on any atom is 0.178 e. The molecule has 5 nitrogen and oxygen atoms in total. The van der Waals surface area contributed by atoms with Gasteiger partial charge in [-0.2, -0.15) is 0 Å². The maximum atomic E-state index is 12.9. The number of hydrogen-bond donors (Lipinski definition) is 0. The molecular weight excluding hydrogens is 468 g/mol. The van der Waals surface area contributed by atoms with Crippen molar-refractivity contribution >= 4 is 40.0 Å². The number of carbonyl (C=O) groups excluding carboxylic acids is 1. The Bertz CT molecular complexity index is 1270. The van der Waals surface area contributed by atoms with Gasteiger partial charge in [0.2, 0.25) is 0 Å². The average molecular weight is 511 g/mol. The van der Waals surface area contributed by atoms with Crippen molar-refractivity contribution in [3.8, 4) is 0 Å². The first-order chi connectivity index (χ1) is 18.7. The largest absolute Gasteiger partial charge is 0.324 e. The molecular formula is C33H42N4O. The van der Waals surface area contributed by atoms with E-state index in [1.807, 2.05) is 36.4 Å². The Morgan fingerprint density at radius 1 is 0.632 bits per heavy atom. The summed E-state index contributed by atoms with van der Waals surface area (Å²) in [5.74, 6) is 1.61. The molecule has 0 saturated carbocycles. The smallest absolute Gasteiger partial charge is 0.178 e. The van der Waals surface area contributed by atoms with E-state index in [0.29, 0.717) is 0 Å². The average Bonchev–Trinajstić information content (AvgIpc) is 3.48. The third kappa shape index (κ3) is 7.31. The zero-order chi connectivity index (χ0) is 26.6. The number of ketones is 1. The van der Waals surface area contributed by atoms with Gasteiger partial charge in [0.25, 0.3) is 0 Å². The van der Waals surface area contributed by atoms with E-state index in [4.69, 9.17) is 9.97 Å². The second-order valence-electron chi connectivity index (χ2n) is 10.1. The molecule has 38 heavy (non-hydrogen) atoms. The zero-order valence-corrected chi connectivity index (χ0v) is 23.1. The third-order valence-corrected chi connectivity index (χ3v) is 7.13. The monoisotopic (exact) mass is 510 g/mol. The molecule has 0 spiro atoms. The highest BCUT2D eigenvalue weighted by Crippen LogP contribution is 2.20. The minimum Gasteiger partial charge on any atom is -0.324 e. The molecule has 4 rings (SSSR count). The minimum absolute atomic E-state index is 0.0619. The molecule has 0 aliphatic carbocycles. The van der Waals surface area contributed by atoms with Crippen molar-refractivity contribution in [2.75, 3.05) is 0 Å². The summed E-state index contributed by atoms with van der Waals surface area (Å²) < 4.78 is 4.49. The highest BCUT2D eigenvalue weighted by atomic mass is 16.1. The molecule has 0 aliphatic heterocycles. The van der Waals surface area contributed by atoms with Crippen molar-refractivity contribution in [3.63, 3.8) is 0 Å². The topological polar surface area (TPSA) is 52.7 Å². The van der Waals surface area contributed by atoms with Gasteiger partial charge in [-0.05, 0) is 61.4 Å². The number of allylic oxidation sites excluding steroid dienone is 2. The Kier molecular flexibility index (Phi) is 10.5. The number of para-hydroxylation sites is 4. The minimum atomic E-state index is -0.0619. The van der Waals surface area contributed by atoms with Gasteiger partial charge in [0.15, 0.2) is 5.78 Å². The first kappa shape index (κ1) is 27.6. The molecule has 4 aromatic rings. The van der Waals surface area contributed by atoms with Gasteiger partial charge >= 0.3 is 0 Å². The number of aryl methyl sites for hydroxylation is 2. The molecule has 2 aromatic carbocycles. The van der Waals surface area contributed by atoms with Crippen LogP contribution in [0.25, 0.3) is 34.2 Å². The lowest BCUT2D eigenvalue weighted by atomic mass is 10.1. The highest BCUT2D eigenvalue weighted by molar-refractivity contribution is 6.04. The van der Waals surface area contributed by atoms with Crippen LogP contribution < -0.4 is 0 Å². The number of aromatic nitrogens is 4. The number of imidazole rings is 2. The van der Waals surface area contributed by atoms with E-state index in [9.17, 15) is 4.79 Å². The van der Waals surface area contributed by atoms with Crippen LogP contribution in [-0.4, -0.2) is 24.9 Å². The van der Waals surface area contributed by atoms with Gasteiger partial charge in [0.05, 0.1) is 22.1 Å². The number of rotatable bonds is 16. The summed E-state index contributed by atoms with van der Waals surface area (Å²) in [6.45, 7) is 6.30. The molecule has 0 aliphatic rings. The van der Waals surface area contributed by atoms with E-state index < -0.39 is 0 Å². The summed E-state index contributed by atoms with van der Waals surface area (Å²) in [7, 11) is 0. The zero-order valence-electron chi connectivity index (χ0n) is 23.1. The SMILES string of the molecule is CCCCCCCn1c(/C=C/C(=O)/C=C/c2nc3ccccc3n2CCCCCCC)nc2ccccc21. The van der Waals surface area contributed by atoms with Crippen LogP contribution in [0.5, 0.6) is 0 Å². The van der Waals surface area contributed by atoms with E-state index in [-0.39, 0.29) is 5.78 Å². The standard InChI is InChI=1S/C33H42N4O/c1-3-5-7-9-15-25-36-30-19-13-11-17-28(30)34-32(36)23-21-27(38)22-24-33-35-29-18-12-14-20-31(29)37(33)26-16-10-8-6-4-2/h11-14,17-24H,3-10,15-16,25-26H2,1-2H3/b23-21+,24-22+. The number of hydrogen-bond acceptors (Lipinski definition) is 3. The molecule has 0 atom stereocenters. The molecule has 0 N–H and O–H groups in total.